The summed E-state index contributed by atoms with van der Waals surface area (Å²) in [5, 5.41) is 0. The number of esters is 1. The van der Waals surface area contributed by atoms with Crippen LogP contribution in [-0.2, 0) is 23.8 Å². The first-order valence-corrected chi connectivity index (χ1v) is 5.65. The highest BCUT2D eigenvalue weighted by atomic mass is 16.8. The lowest BCUT2D eigenvalue weighted by Crippen LogP contribution is -2.40. The van der Waals surface area contributed by atoms with Crippen molar-refractivity contribution in [1.29, 1.82) is 0 Å². The van der Waals surface area contributed by atoms with E-state index >= 15 is 0 Å². The van der Waals surface area contributed by atoms with Crippen LogP contribution in [0, 0.1) is 11.8 Å². The van der Waals surface area contributed by atoms with Crippen molar-refractivity contribution < 1.29 is 28.6 Å². The van der Waals surface area contributed by atoms with Crippen molar-refractivity contribution in [2.45, 2.75) is 38.1 Å². The average Bonchev–Trinajstić information content (AvgIpc) is 2.87. The molecule has 5 unspecified atom stereocenters. The van der Waals surface area contributed by atoms with Crippen LogP contribution >= 0.6 is 0 Å². The Hall–Kier alpha value is -1.59. The first-order chi connectivity index (χ1) is 8.06. The van der Waals surface area contributed by atoms with Crippen LogP contribution < -0.4 is 0 Å². The zero-order valence-electron chi connectivity index (χ0n) is 9.25. The van der Waals surface area contributed by atoms with Crippen LogP contribution in [-0.4, -0.2) is 36.2 Å². The standard InChI is InChI=1S/C11H12O6/c1-4(12)10(13)15-7-3-5-2-6(7)9-8(5)16-11(14)17-9/h5-9H,2-3H2,1H3. The Morgan fingerprint density at radius 2 is 1.94 bits per heavy atom. The molecular weight excluding hydrogens is 228 g/mol. The van der Waals surface area contributed by atoms with Crippen LogP contribution in [0.25, 0.3) is 0 Å². The van der Waals surface area contributed by atoms with E-state index in [2.05, 4.69) is 0 Å². The first-order valence-electron chi connectivity index (χ1n) is 5.65. The molecule has 1 aliphatic heterocycles. The zero-order valence-corrected chi connectivity index (χ0v) is 9.25. The molecule has 0 amide bonds. The Balaban J connectivity index is 1.70. The number of fused-ring (bicyclic) bond motifs is 5. The number of ether oxygens (including phenoxy) is 3. The summed E-state index contributed by atoms with van der Waals surface area (Å²) in [4.78, 5) is 33.1. The van der Waals surface area contributed by atoms with E-state index < -0.39 is 17.9 Å². The van der Waals surface area contributed by atoms with Gasteiger partial charge in [0.05, 0.1) is 0 Å². The molecule has 17 heavy (non-hydrogen) atoms. The molecule has 6 heteroatoms. The van der Waals surface area contributed by atoms with Crippen molar-refractivity contribution in [3.05, 3.63) is 0 Å². The van der Waals surface area contributed by atoms with Gasteiger partial charge in [0.15, 0.2) is 0 Å². The molecule has 3 fully saturated rings. The van der Waals surface area contributed by atoms with Gasteiger partial charge in [0.2, 0.25) is 5.78 Å². The molecule has 0 aromatic heterocycles. The van der Waals surface area contributed by atoms with Crippen LogP contribution in [0.1, 0.15) is 19.8 Å². The van der Waals surface area contributed by atoms with E-state index in [-0.39, 0.29) is 30.1 Å². The Morgan fingerprint density at radius 1 is 1.24 bits per heavy atom. The molecule has 1 heterocycles. The van der Waals surface area contributed by atoms with Gasteiger partial charge in [-0.25, -0.2) is 9.59 Å². The molecule has 3 aliphatic rings. The van der Waals surface area contributed by atoms with E-state index in [1.807, 2.05) is 0 Å². The van der Waals surface area contributed by atoms with Gasteiger partial charge in [-0.2, -0.15) is 0 Å². The average molecular weight is 240 g/mol. The minimum Gasteiger partial charge on any atom is -0.456 e. The fraction of sp³-hybridized carbons (Fsp3) is 0.727. The lowest BCUT2D eigenvalue weighted by Gasteiger charge is -2.27. The van der Waals surface area contributed by atoms with Crippen molar-refractivity contribution in [3.63, 3.8) is 0 Å². The second-order valence-electron chi connectivity index (χ2n) is 4.81. The van der Waals surface area contributed by atoms with Crippen molar-refractivity contribution in [2.75, 3.05) is 0 Å². The summed E-state index contributed by atoms with van der Waals surface area (Å²) in [5.41, 5.74) is 0. The second kappa shape index (κ2) is 3.45. The van der Waals surface area contributed by atoms with Gasteiger partial charge in [-0.3, -0.25) is 4.79 Å². The van der Waals surface area contributed by atoms with E-state index in [1.54, 1.807) is 0 Å². The third kappa shape index (κ3) is 1.50. The highest BCUT2D eigenvalue weighted by Gasteiger charge is 2.61. The Labute approximate surface area is 97.2 Å². The van der Waals surface area contributed by atoms with Crippen LogP contribution in [0.3, 0.4) is 0 Å². The molecule has 0 spiro atoms. The van der Waals surface area contributed by atoms with Crippen LogP contribution in [0.2, 0.25) is 0 Å². The molecule has 6 nitrogen and oxygen atoms in total. The Kier molecular flexibility index (Phi) is 2.14. The minimum absolute atomic E-state index is 0.0280. The van der Waals surface area contributed by atoms with E-state index in [0.29, 0.717) is 6.42 Å². The Bertz CT molecular complexity index is 403. The maximum Gasteiger partial charge on any atom is 0.509 e. The molecule has 5 atom stereocenters. The monoisotopic (exact) mass is 240 g/mol. The topological polar surface area (TPSA) is 78.9 Å². The molecule has 2 aliphatic carbocycles. The molecule has 0 radical (unpaired) electrons. The summed E-state index contributed by atoms with van der Waals surface area (Å²) < 4.78 is 15.2. The molecule has 3 rings (SSSR count). The van der Waals surface area contributed by atoms with Gasteiger partial charge < -0.3 is 14.2 Å². The van der Waals surface area contributed by atoms with Crippen molar-refractivity contribution in [1.82, 2.24) is 0 Å². The van der Waals surface area contributed by atoms with E-state index in [4.69, 9.17) is 14.2 Å². The van der Waals surface area contributed by atoms with E-state index in [9.17, 15) is 14.4 Å². The summed E-state index contributed by atoms with van der Waals surface area (Å²) in [5.74, 6) is -1.27. The molecule has 0 N–H and O–H groups in total. The number of rotatable bonds is 2. The van der Waals surface area contributed by atoms with Gasteiger partial charge in [0.1, 0.15) is 18.3 Å². The summed E-state index contributed by atoms with van der Waals surface area (Å²) in [6.07, 6.45) is -0.0221. The third-order valence-corrected chi connectivity index (χ3v) is 3.81. The number of hydrogen-bond donors (Lipinski definition) is 0. The van der Waals surface area contributed by atoms with Crippen LogP contribution in [0.4, 0.5) is 4.79 Å². The van der Waals surface area contributed by atoms with Gasteiger partial charge >= 0.3 is 12.1 Å². The molecule has 2 bridgehead atoms. The first kappa shape index (κ1) is 10.6. The van der Waals surface area contributed by atoms with Crippen molar-refractivity contribution >= 4 is 17.9 Å². The SMILES string of the molecule is CC(=O)C(=O)OC1CC2CC1C1OC(=O)OC21. The number of hydrogen-bond acceptors (Lipinski definition) is 6. The Morgan fingerprint density at radius 3 is 2.65 bits per heavy atom. The molecule has 92 valence electrons. The maximum atomic E-state index is 11.2. The van der Waals surface area contributed by atoms with Crippen molar-refractivity contribution in [3.8, 4) is 0 Å². The highest BCUT2D eigenvalue weighted by molar-refractivity contribution is 6.32. The summed E-state index contributed by atoms with van der Waals surface area (Å²) in [7, 11) is 0. The predicted molar refractivity (Wildman–Crippen MR) is 51.9 cm³/mol. The normalized spacial score (nSPS) is 41.7. The van der Waals surface area contributed by atoms with E-state index in [0.717, 1.165) is 6.42 Å². The van der Waals surface area contributed by atoms with E-state index in [1.165, 1.54) is 6.92 Å². The fourth-order valence-corrected chi connectivity index (χ4v) is 3.12. The third-order valence-electron chi connectivity index (χ3n) is 3.81. The summed E-state index contributed by atoms with van der Waals surface area (Å²) in [6, 6.07) is 0. The fourth-order valence-electron chi connectivity index (χ4n) is 3.12. The lowest BCUT2D eigenvalue weighted by molar-refractivity contribution is -0.160. The number of carbonyl (C=O) groups is 3. The summed E-state index contributed by atoms with van der Waals surface area (Å²) in [6.45, 7) is 1.18. The van der Waals surface area contributed by atoms with Gasteiger partial charge in [-0.05, 0) is 12.8 Å². The van der Waals surface area contributed by atoms with Crippen molar-refractivity contribution in [2.24, 2.45) is 11.8 Å². The summed E-state index contributed by atoms with van der Waals surface area (Å²) >= 11 is 0. The van der Waals surface area contributed by atoms with Gasteiger partial charge in [0.25, 0.3) is 0 Å². The number of Topliss-reactive ketones (excluding diaryl/α,β-unsaturated/α-hetero) is 1. The number of ketones is 1. The zero-order chi connectivity index (χ0) is 12.2. The molecule has 0 aromatic rings. The number of carbonyl (C=O) groups excluding carboxylic acids is 3. The van der Waals surface area contributed by atoms with Gasteiger partial charge in [0, 0.05) is 18.8 Å². The van der Waals surface area contributed by atoms with Crippen LogP contribution in [0.15, 0.2) is 0 Å². The maximum absolute atomic E-state index is 11.2. The predicted octanol–water partition coefficient (Wildman–Crippen LogP) is 0.431. The molecular formula is C11H12O6. The van der Waals surface area contributed by atoms with Gasteiger partial charge in [-0.1, -0.05) is 0 Å². The smallest absolute Gasteiger partial charge is 0.456 e. The second-order valence-corrected chi connectivity index (χ2v) is 4.81. The molecule has 0 aromatic carbocycles. The minimum atomic E-state index is -0.815. The molecule has 1 saturated heterocycles. The quantitative estimate of drug-likeness (QED) is 0.514. The molecule has 2 saturated carbocycles. The largest absolute Gasteiger partial charge is 0.509 e. The lowest BCUT2D eigenvalue weighted by atomic mass is 9.92. The van der Waals surface area contributed by atoms with Crippen LogP contribution in [0.5, 0.6) is 0 Å². The highest BCUT2D eigenvalue weighted by Crippen LogP contribution is 2.51. The van der Waals surface area contributed by atoms with Gasteiger partial charge in [-0.15, -0.1) is 0 Å².